The van der Waals surface area contributed by atoms with Gasteiger partial charge in [0.05, 0.1) is 6.42 Å². The first-order chi connectivity index (χ1) is 16.5. The number of amides is 2. The van der Waals surface area contributed by atoms with Crippen molar-refractivity contribution in [3.8, 4) is 0 Å². The molecule has 0 saturated heterocycles. The van der Waals surface area contributed by atoms with Crippen LogP contribution in [0.1, 0.15) is 43.0 Å². The Balaban J connectivity index is 2.03. The van der Waals surface area contributed by atoms with Gasteiger partial charge in [-0.3, -0.25) is 9.59 Å². The monoisotopic (exact) mass is 510 g/mol. The largest absolute Gasteiger partial charge is 0.350 e. The zero-order valence-corrected chi connectivity index (χ0v) is 22.2. The third-order valence-electron chi connectivity index (χ3n) is 5.64. The molecular formula is C29H32Cl2N2O2. The number of nitrogens with zero attached hydrogens (tertiary/aromatic N) is 1. The molecule has 3 rings (SSSR count). The quantitative estimate of drug-likeness (QED) is 0.381. The van der Waals surface area contributed by atoms with Crippen LogP contribution < -0.4 is 5.32 Å². The van der Waals surface area contributed by atoms with E-state index >= 15 is 0 Å². The molecule has 0 fully saturated rings. The molecule has 4 nitrogen and oxygen atoms in total. The average molecular weight is 511 g/mol. The summed E-state index contributed by atoms with van der Waals surface area (Å²) < 4.78 is 0. The van der Waals surface area contributed by atoms with E-state index in [0.29, 0.717) is 22.0 Å². The van der Waals surface area contributed by atoms with Gasteiger partial charge in [-0.15, -0.1) is 0 Å². The third-order valence-corrected chi connectivity index (χ3v) is 6.34. The summed E-state index contributed by atoms with van der Waals surface area (Å²) in [5, 5.41) is 3.98. The molecule has 0 saturated carbocycles. The maximum atomic E-state index is 13.8. The highest BCUT2D eigenvalue weighted by Gasteiger charge is 2.33. The van der Waals surface area contributed by atoms with Crippen LogP contribution in [0.25, 0.3) is 0 Å². The molecule has 0 aliphatic carbocycles. The lowest BCUT2D eigenvalue weighted by atomic mass is 9.99. The first-order valence-corrected chi connectivity index (χ1v) is 12.4. The summed E-state index contributed by atoms with van der Waals surface area (Å²) >= 11 is 13.0. The number of carbonyl (C=O) groups is 2. The van der Waals surface area contributed by atoms with E-state index < -0.39 is 11.6 Å². The van der Waals surface area contributed by atoms with E-state index in [-0.39, 0.29) is 24.8 Å². The number of rotatable bonds is 8. The predicted molar refractivity (Wildman–Crippen MR) is 144 cm³/mol. The summed E-state index contributed by atoms with van der Waals surface area (Å²) in [6.45, 7) is 7.90. The number of halogens is 2. The van der Waals surface area contributed by atoms with Crippen LogP contribution in [0, 0.1) is 6.92 Å². The van der Waals surface area contributed by atoms with Crippen LogP contribution in [-0.4, -0.2) is 28.3 Å². The Morgan fingerprint density at radius 3 is 2.03 bits per heavy atom. The summed E-state index contributed by atoms with van der Waals surface area (Å²) in [7, 11) is 0. The van der Waals surface area contributed by atoms with Crippen molar-refractivity contribution in [1.82, 2.24) is 10.2 Å². The maximum Gasteiger partial charge on any atom is 0.243 e. The van der Waals surface area contributed by atoms with Crippen molar-refractivity contribution in [2.24, 2.45) is 0 Å². The highest BCUT2D eigenvalue weighted by atomic mass is 35.5. The normalized spacial score (nSPS) is 12.2. The minimum atomic E-state index is -0.748. The van der Waals surface area contributed by atoms with Crippen LogP contribution >= 0.6 is 23.2 Å². The summed E-state index contributed by atoms with van der Waals surface area (Å²) in [5.41, 5.74) is 3.12. The van der Waals surface area contributed by atoms with Crippen LogP contribution in [0.3, 0.4) is 0 Å². The van der Waals surface area contributed by atoms with Gasteiger partial charge >= 0.3 is 0 Å². The molecule has 0 aromatic heterocycles. The van der Waals surface area contributed by atoms with Gasteiger partial charge in [-0.25, -0.2) is 0 Å². The van der Waals surface area contributed by atoms with E-state index in [1.807, 2.05) is 82.3 Å². The molecule has 0 aliphatic heterocycles. The highest BCUT2D eigenvalue weighted by Crippen LogP contribution is 2.27. The first kappa shape index (κ1) is 26.8. The number of nitrogens with one attached hydrogen (secondary N) is 1. The molecule has 0 aliphatic rings. The number of carbonyl (C=O) groups excluding carboxylic acids is 2. The van der Waals surface area contributed by atoms with Gasteiger partial charge < -0.3 is 10.2 Å². The highest BCUT2D eigenvalue weighted by molar-refractivity contribution is 6.36. The molecule has 0 spiro atoms. The molecule has 3 aromatic carbocycles. The van der Waals surface area contributed by atoms with Gasteiger partial charge in [-0.2, -0.15) is 0 Å². The Morgan fingerprint density at radius 1 is 0.857 bits per heavy atom. The van der Waals surface area contributed by atoms with E-state index in [9.17, 15) is 9.59 Å². The zero-order chi connectivity index (χ0) is 25.6. The van der Waals surface area contributed by atoms with Gasteiger partial charge in [0.15, 0.2) is 0 Å². The summed E-state index contributed by atoms with van der Waals surface area (Å²) in [6.07, 6.45) is 0.529. The topological polar surface area (TPSA) is 49.4 Å². The van der Waals surface area contributed by atoms with Crippen LogP contribution in [0.5, 0.6) is 0 Å². The molecule has 0 heterocycles. The average Bonchev–Trinajstić information content (AvgIpc) is 2.79. The van der Waals surface area contributed by atoms with Crippen molar-refractivity contribution in [1.29, 1.82) is 0 Å². The van der Waals surface area contributed by atoms with E-state index in [2.05, 4.69) is 5.32 Å². The van der Waals surface area contributed by atoms with Gasteiger partial charge in [0.2, 0.25) is 11.8 Å². The van der Waals surface area contributed by atoms with Gasteiger partial charge in [0, 0.05) is 34.1 Å². The molecule has 3 aromatic rings. The standard InChI is InChI=1S/C29H32Cl2N2O2/c1-20-13-15-22(16-14-20)18-27(34)33(19-23-24(30)11-8-12-25(23)31)26(28(35)32-29(2,3)4)17-21-9-6-5-7-10-21/h5-16,26H,17-19H2,1-4H3,(H,32,35)/t26-/m1/s1. The van der Waals surface area contributed by atoms with Crippen molar-refractivity contribution in [3.05, 3.63) is 105 Å². The molecule has 6 heteroatoms. The Kier molecular flexibility index (Phi) is 8.98. The number of hydrogen-bond acceptors (Lipinski definition) is 2. The Bertz CT molecular complexity index is 1140. The lowest BCUT2D eigenvalue weighted by Crippen LogP contribution is -2.54. The molecule has 1 N–H and O–H groups in total. The van der Waals surface area contributed by atoms with E-state index in [1.165, 1.54) is 0 Å². The minimum Gasteiger partial charge on any atom is -0.350 e. The second kappa shape index (κ2) is 11.7. The second-order valence-corrected chi connectivity index (χ2v) is 10.6. The van der Waals surface area contributed by atoms with Gasteiger partial charge in [0.25, 0.3) is 0 Å². The molecule has 0 bridgehead atoms. The van der Waals surface area contributed by atoms with E-state index in [4.69, 9.17) is 23.2 Å². The number of aryl methyl sites for hydroxylation is 1. The van der Waals surface area contributed by atoms with Gasteiger partial charge in [-0.1, -0.05) is 89.4 Å². The number of hydrogen-bond donors (Lipinski definition) is 1. The summed E-state index contributed by atoms with van der Waals surface area (Å²) in [4.78, 5) is 29.0. The Morgan fingerprint density at radius 2 is 1.46 bits per heavy atom. The van der Waals surface area contributed by atoms with Crippen molar-refractivity contribution in [3.63, 3.8) is 0 Å². The lowest BCUT2D eigenvalue weighted by molar-refractivity contribution is -0.141. The molecule has 0 radical (unpaired) electrons. The predicted octanol–water partition coefficient (Wildman–Crippen LogP) is 6.40. The summed E-state index contributed by atoms with van der Waals surface area (Å²) in [6, 6.07) is 22.0. The Labute approximate surface area is 218 Å². The van der Waals surface area contributed by atoms with Crippen LogP contribution in [0.2, 0.25) is 10.0 Å². The molecule has 0 unspecified atom stereocenters. The summed E-state index contributed by atoms with van der Waals surface area (Å²) in [5.74, 6) is -0.392. The lowest BCUT2D eigenvalue weighted by Gasteiger charge is -2.34. The van der Waals surface area contributed by atoms with Crippen LogP contribution in [0.4, 0.5) is 0 Å². The number of benzene rings is 3. The SMILES string of the molecule is Cc1ccc(CC(=O)N(Cc2c(Cl)cccc2Cl)[C@H](Cc2ccccc2)C(=O)NC(C)(C)C)cc1. The van der Waals surface area contributed by atoms with Crippen molar-refractivity contribution < 1.29 is 9.59 Å². The Hall–Kier alpha value is -2.82. The molecule has 1 atom stereocenters. The fourth-order valence-corrected chi connectivity index (χ4v) is 4.36. The molecule has 35 heavy (non-hydrogen) atoms. The van der Waals surface area contributed by atoms with E-state index in [1.54, 1.807) is 23.1 Å². The fourth-order valence-electron chi connectivity index (χ4n) is 3.84. The van der Waals surface area contributed by atoms with Crippen molar-refractivity contribution >= 4 is 35.0 Å². The molecular weight excluding hydrogens is 479 g/mol. The van der Waals surface area contributed by atoms with Crippen molar-refractivity contribution in [2.45, 2.75) is 58.7 Å². The zero-order valence-electron chi connectivity index (χ0n) is 20.6. The molecule has 2 amide bonds. The smallest absolute Gasteiger partial charge is 0.243 e. The van der Waals surface area contributed by atoms with Gasteiger partial charge in [0.1, 0.15) is 6.04 Å². The minimum absolute atomic E-state index is 0.123. The maximum absolute atomic E-state index is 13.8. The molecule has 184 valence electrons. The van der Waals surface area contributed by atoms with Crippen LogP contribution in [0.15, 0.2) is 72.8 Å². The second-order valence-electron chi connectivity index (χ2n) is 9.83. The third kappa shape index (κ3) is 7.84. The first-order valence-electron chi connectivity index (χ1n) is 11.7. The van der Waals surface area contributed by atoms with Crippen LogP contribution in [-0.2, 0) is 29.0 Å². The van der Waals surface area contributed by atoms with Crippen molar-refractivity contribution in [2.75, 3.05) is 0 Å². The van der Waals surface area contributed by atoms with E-state index in [0.717, 1.165) is 16.7 Å². The van der Waals surface area contributed by atoms with Gasteiger partial charge in [-0.05, 0) is 51.0 Å². The fraction of sp³-hybridized carbons (Fsp3) is 0.310.